The molecule has 2 atom stereocenters. The zero-order valence-electron chi connectivity index (χ0n) is 14.2. The first-order chi connectivity index (χ1) is 13.0. The fourth-order valence-corrected chi connectivity index (χ4v) is 6.96. The van der Waals surface area contributed by atoms with Crippen molar-refractivity contribution in [3.8, 4) is 11.5 Å². The van der Waals surface area contributed by atoms with Gasteiger partial charge in [-0.15, -0.1) is 0 Å². The van der Waals surface area contributed by atoms with Gasteiger partial charge in [0.25, 0.3) is 0 Å². The SMILES string of the molecule is O=C1CC2CS(=O)(=O)CC2N1c1nc2ccc(Oc3ccccc3)cc2s1. The molecule has 2 aliphatic rings. The number of amides is 1. The molecule has 0 spiro atoms. The lowest BCUT2D eigenvalue weighted by atomic mass is 10.1. The molecule has 138 valence electrons. The Morgan fingerprint density at radius 1 is 1.07 bits per heavy atom. The van der Waals surface area contributed by atoms with E-state index in [9.17, 15) is 13.2 Å². The van der Waals surface area contributed by atoms with Crippen LogP contribution in [0.3, 0.4) is 0 Å². The van der Waals surface area contributed by atoms with E-state index in [2.05, 4.69) is 4.98 Å². The van der Waals surface area contributed by atoms with E-state index in [1.54, 1.807) is 4.90 Å². The zero-order valence-corrected chi connectivity index (χ0v) is 15.9. The molecule has 3 heterocycles. The van der Waals surface area contributed by atoms with Crippen LogP contribution in [0.2, 0.25) is 0 Å². The number of anilines is 1. The van der Waals surface area contributed by atoms with Crippen molar-refractivity contribution in [2.24, 2.45) is 5.92 Å². The van der Waals surface area contributed by atoms with Crippen LogP contribution < -0.4 is 9.64 Å². The molecule has 5 rings (SSSR count). The van der Waals surface area contributed by atoms with Gasteiger partial charge in [0.15, 0.2) is 15.0 Å². The Balaban J connectivity index is 1.47. The van der Waals surface area contributed by atoms with Crippen LogP contribution in [-0.4, -0.2) is 36.9 Å². The van der Waals surface area contributed by atoms with Gasteiger partial charge in [-0.2, -0.15) is 0 Å². The van der Waals surface area contributed by atoms with Crippen LogP contribution in [0.15, 0.2) is 48.5 Å². The molecule has 0 aliphatic carbocycles. The number of nitrogens with zero attached hydrogens (tertiary/aromatic N) is 2. The van der Waals surface area contributed by atoms with E-state index in [4.69, 9.17) is 4.74 Å². The second-order valence-corrected chi connectivity index (χ2v) is 10.1. The summed E-state index contributed by atoms with van der Waals surface area (Å²) in [5.74, 6) is 1.40. The van der Waals surface area contributed by atoms with Gasteiger partial charge in [0.05, 0.1) is 27.8 Å². The topological polar surface area (TPSA) is 76.6 Å². The first-order valence-corrected chi connectivity index (χ1v) is 11.3. The van der Waals surface area contributed by atoms with Crippen LogP contribution in [0.4, 0.5) is 5.13 Å². The lowest BCUT2D eigenvalue weighted by Crippen LogP contribution is -2.36. The van der Waals surface area contributed by atoms with Crippen molar-refractivity contribution in [3.63, 3.8) is 0 Å². The number of rotatable bonds is 3. The molecule has 0 saturated carbocycles. The number of carbonyl (C=O) groups excluding carboxylic acids is 1. The number of carbonyl (C=O) groups is 1. The largest absolute Gasteiger partial charge is 0.457 e. The highest BCUT2D eigenvalue weighted by Gasteiger charge is 2.50. The summed E-state index contributed by atoms with van der Waals surface area (Å²) >= 11 is 1.39. The molecule has 1 amide bonds. The normalized spacial score (nSPS) is 23.7. The monoisotopic (exact) mass is 400 g/mol. The van der Waals surface area contributed by atoms with Crippen molar-refractivity contribution >= 4 is 42.4 Å². The maximum Gasteiger partial charge on any atom is 0.229 e. The van der Waals surface area contributed by atoms with Gasteiger partial charge in [-0.3, -0.25) is 9.69 Å². The van der Waals surface area contributed by atoms with Gasteiger partial charge in [-0.25, -0.2) is 13.4 Å². The molecule has 27 heavy (non-hydrogen) atoms. The summed E-state index contributed by atoms with van der Waals surface area (Å²) in [4.78, 5) is 18.6. The smallest absolute Gasteiger partial charge is 0.229 e. The van der Waals surface area contributed by atoms with Crippen molar-refractivity contribution < 1.29 is 17.9 Å². The summed E-state index contributed by atoms with van der Waals surface area (Å²) in [6, 6.07) is 14.8. The Morgan fingerprint density at radius 2 is 1.89 bits per heavy atom. The van der Waals surface area contributed by atoms with E-state index < -0.39 is 9.84 Å². The summed E-state index contributed by atoms with van der Waals surface area (Å²) < 4.78 is 30.6. The summed E-state index contributed by atoms with van der Waals surface area (Å²) in [5, 5.41) is 0.566. The maximum absolute atomic E-state index is 12.5. The third-order valence-electron chi connectivity index (χ3n) is 5.01. The number of ether oxygens (including phenoxy) is 1. The summed E-state index contributed by atoms with van der Waals surface area (Å²) in [6.45, 7) is 0. The number of aromatic nitrogens is 1. The molecular formula is C19H16N2O4S2. The first kappa shape index (κ1) is 16.7. The van der Waals surface area contributed by atoms with E-state index in [-0.39, 0.29) is 35.8 Å². The molecular weight excluding hydrogens is 384 g/mol. The van der Waals surface area contributed by atoms with Gasteiger partial charge >= 0.3 is 0 Å². The Bertz CT molecular complexity index is 1140. The predicted molar refractivity (Wildman–Crippen MR) is 104 cm³/mol. The first-order valence-electron chi connectivity index (χ1n) is 8.64. The Labute approximate surface area is 160 Å². The zero-order chi connectivity index (χ0) is 18.6. The molecule has 2 unspecified atom stereocenters. The van der Waals surface area contributed by atoms with Crippen LogP contribution in [0, 0.1) is 5.92 Å². The highest BCUT2D eigenvalue weighted by atomic mass is 32.2. The van der Waals surface area contributed by atoms with Crippen molar-refractivity contribution in [2.75, 3.05) is 16.4 Å². The molecule has 3 aromatic rings. The van der Waals surface area contributed by atoms with Crippen molar-refractivity contribution in [2.45, 2.75) is 12.5 Å². The molecule has 0 radical (unpaired) electrons. The quantitative estimate of drug-likeness (QED) is 0.675. The lowest BCUT2D eigenvalue weighted by Gasteiger charge is -2.19. The fraction of sp³-hybridized carbons (Fsp3) is 0.263. The Kier molecular flexibility index (Phi) is 3.73. The second-order valence-electron chi connectivity index (χ2n) is 6.91. The molecule has 0 N–H and O–H groups in total. The predicted octanol–water partition coefficient (Wildman–Crippen LogP) is 3.24. The number of para-hydroxylation sites is 1. The van der Waals surface area contributed by atoms with Gasteiger partial charge in [0.1, 0.15) is 11.5 Å². The van der Waals surface area contributed by atoms with Crippen molar-refractivity contribution in [1.82, 2.24) is 4.98 Å². The van der Waals surface area contributed by atoms with E-state index in [0.29, 0.717) is 10.9 Å². The molecule has 1 aromatic heterocycles. The number of benzene rings is 2. The van der Waals surface area contributed by atoms with Crippen LogP contribution in [0.5, 0.6) is 11.5 Å². The van der Waals surface area contributed by atoms with E-state index >= 15 is 0 Å². The van der Waals surface area contributed by atoms with Crippen molar-refractivity contribution in [3.05, 3.63) is 48.5 Å². The van der Waals surface area contributed by atoms with Gasteiger partial charge in [0, 0.05) is 18.4 Å². The average molecular weight is 400 g/mol. The van der Waals surface area contributed by atoms with Crippen LogP contribution in [-0.2, 0) is 14.6 Å². The van der Waals surface area contributed by atoms with Crippen LogP contribution in [0.1, 0.15) is 6.42 Å². The lowest BCUT2D eigenvalue weighted by molar-refractivity contribution is -0.117. The maximum atomic E-state index is 12.5. The Hall–Kier alpha value is -2.45. The van der Waals surface area contributed by atoms with E-state index in [1.165, 1.54) is 11.3 Å². The summed E-state index contributed by atoms with van der Waals surface area (Å²) in [5.41, 5.74) is 0.771. The number of sulfone groups is 1. The van der Waals surface area contributed by atoms with Crippen LogP contribution >= 0.6 is 11.3 Å². The standard InChI is InChI=1S/C19H16N2O4S2/c22-18-8-12-10-27(23,24)11-16(12)21(18)19-20-15-7-6-14(9-17(15)26-19)25-13-4-2-1-3-5-13/h1-7,9,12,16H,8,10-11H2. The molecule has 0 bridgehead atoms. The summed E-state index contributed by atoms with van der Waals surface area (Å²) in [7, 11) is -3.08. The third-order valence-corrected chi connectivity index (χ3v) is 7.81. The van der Waals surface area contributed by atoms with E-state index in [1.807, 2.05) is 48.5 Å². The molecule has 2 saturated heterocycles. The number of hydrogen-bond donors (Lipinski definition) is 0. The number of hydrogen-bond acceptors (Lipinski definition) is 6. The minimum absolute atomic E-state index is 0.0295. The molecule has 8 heteroatoms. The Morgan fingerprint density at radius 3 is 2.70 bits per heavy atom. The van der Waals surface area contributed by atoms with Gasteiger partial charge in [0.2, 0.25) is 5.91 Å². The van der Waals surface area contributed by atoms with E-state index in [0.717, 1.165) is 16.0 Å². The highest BCUT2D eigenvalue weighted by molar-refractivity contribution is 7.91. The minimum atomic E-state index is -3.08. The van der Waals surface area contributed by atoms with Gasteiger partial charge in [-0.1, -0.05) is 29.5 Å². The fourth-order valence-electron chi connectivity index (χ4n) is 3.82. The molecule has 2 aliphatic heterocycles. The number of thiazole rings is 1. The number of fused-ring (bicyclic) bond motifs is 2. The van der Waals surface area contributed by atoms with Gasteiger partial charge in [-0.05, 0) is 24.3 Å². The minimum Gasteiger partial charge on any atom is -0.457 e. The second kappa shape index (κ2) is 6.03. The molecule has 2 fully saturated rings. The van der Waals surface area contributed by atoms with Crippen LogP contribution in [0.25, 0.3) is 10.2 Å². The average Bonchev–Trinajstić information content (AvgIpc) is 3.24. The summed E-state index contributed by atoms with van der Waals surface area (Å²) in [6.07, 6.45) is 0.280. The highest BCUT2D eigenvalue weighted by Crippen LogP contribution is 2.40. The van der Waals surface area contributed by atoms with Crippen molar-refractivity contribution in [1.29, 1.82) is 0 Å². The molecule has 2 aromatic carbocycles. The third kappa shape index (κ3) is 2.98. The molecule has 6 nitrogen and oxygen atoms in total. The van der Waals surface area contributed by atoms with Gasteiger partial charge < -0.3 is 4.74 Å².